The molecule has 4 nitrogen and oxygen atoms in total. The lowest BCUT2D eigenvalue weighted by molar-refractivity contribution is 0.537. The van der Waals surface area contributed by atoms with Crippen molar-refractivity contribution in [1.82, 2.24) is 9.44 Å². The molecule has 0 spiro atoms. The molecular weight excluding hydrogens is 380 g/mol. The third-order valence-electron chi connectivity index (χ3n) is 5.64. The van der Waals surface area contributed by atoms with Gasteiger partial charge in [-0.05, 0) is 12.8 Å². The van der Waals surface area contributed by atoms with Gasteiger partial charge < -0.3 is 0 Å². The molecular formula is C24H52N2O2S. The van der Waals surface area contributed by atoms with Crippen molar-refractivity contribution in [3.63, 3.8) is 0 Å². The monoisotopic (exact) mass is 432 g/mol. The molecule has 0 unspecified atom stereocenters. The minimum atomic E-state index is -3.30. The number of nitrogens with one attached hydrogen (secondary N) is 2. The van der Waals surface area contributed by atoms with Crippen molar-refractivity contribution >= 4 is 10.2 Å². The Labute approximate surface area is 183 Å². The van der Waals surface area contributed by atoms with E-state index < -0.39 is 10.2 Å². The van der Waals surface area contributed by atoms with Crippen LogP contribution < -0.4 is 9.44 Å². The third-order valence-corrected chi connectivity index (χ3v) is 6.81. The van der Waals surface area contributed by atoms with Crippen LogP contribution in [-0.2, 0) is 10.2 Å². The normalized spacial score (nSPS) is 11.9. The molecule has 29 heavy (non-hydrogen) atoms. The van der Waals surface area contributed by atoms with Gasteiger partial charge in [0.25, 0.3) is 10.2 Å². The van der Waals surface area contributed by atoms with Crippen LogP contribution in [0.2, 0.25) is 0 Å². The molecule has 0 rings (SSSR count). The molecule has 0 aromatic carbocycles. The molecule has 0 amide bonds. The number of unbranched alkanes of at least 4 members (excludes halogenated alkanes) is 18. The van der Waals surface area contributed by atoms with Crippen molar-refractivity contribution in [2.45, 2.75) is 142 Å². The lowest BCUT2D eigenvalue weighted by atomic mass is 10.1. The van der Waals surface area contributed by atoms with Crippen LogP contribution in [0.1, 0.15) is 142 Å². The van der Waals surface area contributed by atoms with E-state index in [9.17, 15) is 8.42 Å². The molecule has 0 heterocycles. The molecule has 0 saturated heterocycles. The molecule has 0 aliphatic rings. The standard InChI is InChI=1S/C24H52N2O2S/c1-3-5-7-9-11-13-15-17-19-21-23-25-29(27,28)26-24-22-20-18-16-14-12-10-8-6-4-2/h25-26H,3-24H2,1-2H3. The SMILES string of the molecule is CCCCCCCCCCCCNS(=O)(=O)NCCCCCCCCCCCC. The zero-order valence-corrected chi connectivity index (χ0v) is 20.6. The summed E-state index contributed by atoms with van der Waals surface area (Å²) in [5.41, 5.74) is 0. The van der Waals surface area contributed by atoms with Gasteiger partial charge in [0, 0.05) is 13.1 Å². The van der Waals surface area contributed by atoms with Gasteiger partial charge in [-0.25, -0.2) is 9.44 Å². The molecule has 0 atom stereocenters. The van der Waals surface area contributed by atoms with Crippen LogP contribution in [0.3, 0.4) is 0 Å². The first-order valence-electron chi connectivity index (χ1n) is 12.9. The highest BCUT2D eigenvalue weighted by Crippen LogP contribution is 2.11. The second-order valence-corrected chi connectivity index (χ2v) is 10.2. The number of rotatable bonds is 24. The molecule has 176 valence electrons. The minimum absolute atomic E-state index is 0.559. The first kappa shape index (κ1) is 28.9. The highest BCUT2D eigenvalue weighted by molar-refractivity contribution is 7.87. The van der Waals surface area contributed by atoms with Crippen LogP contribution in [0.4, 0.5) is 0 Å². The number of hydrogen-bond acceptors (Lipinski definition) is 2. The summed E-state index contributed by atoms with van der Waals surface area (Å²) in [7, 11) is -3.30. The van der Waals surface area contributed by atoms with Crippen molar-refractivity contribution in [3.05, 3.63) is 0 Å². The largest absolute Gasteiger partial charge is 0.276 e. The summed E-state index contributed by atoms with van der Waals surface area (Å²) < 4.78 is 29.2. The van der Waals surface area contributed by atoms with Crippen molar-refractivity contribution in [3.8, 4) is 0 Å². The lowest BCUT2D eigenvalue weighted by Gasteiger charge is -2.08. The van der Waals surface area contributed by atoms with Gasteiger partial charge >= 0.3 is 0 Å². The van der Waals surface area contributed by atoms with Gasteiger partial charge in [-0.1, -0.05) is 129 Å². The van der Waals surface area contributed by atoms with E-state index in [0.717, 1.165) is 25.7 Å². The summed E-state index contributed by atoms with van der Waals surface area (Å²) in [6, 6.07) is 0. The molecule has 0 bridgehead atoms. The Hall–Kier alpha value is -0.130. The summed E-state index contributed by atoms with van der Waals surface area (Å²) in [6.45, 7) is 5.62. The fraction of sp³-hybridized carbons (Fsp3) is 1.00. The van der Waals surface area contributed by atoms with Crippen molar-refractivity contribution in [1.29, 1.82) is 0 Å². The summed E-state index contributed by atoms with van der Waals surface area (Å²) in [4.78, 5) is 0. The Morgan fingerprint density at radius 2 is 0.655 bits per heavy atom. The van der Waals surface area contributed by atoms with Crippen molar-refractivity contribution in [2.24, 2.45) is 0 Å². The van der Waals surface area contributed by atoms with Crippen molar-refractivity contribution < 1.29 is 8.42 Å². The molecule has 5 heteroatoms. The topological polar surface area (TPSA) is 58.2 Å². The van der Waals surface area contributed by atoms with E-state index in [4.69, 9.17) is 0 Å². The van der Waals surface area contributed by atoms with E-state index in [1.165, 1.54) is 103 Å². The quantitative estimate of drug-likeness (QED) is 0.158. The average molecular weight is 433 g/mol. The zero-order chi connectivity index (χ0) is 21.5. The first-order valence-corrected chi connectivity index (χ1v) is 14.3. The van der Waals surface area contributed by atoms with Gasteiger partial charge in [0.05, 0.1) is 0 Å². The maximum absolute atomic E-state index is 11.9. The highest BCUT2D eigenvalue weighted by Gasteiger charge is 2.07. The van der Waals surface area contributed by atoms with Crippen LogP contribution in [0.15, 0.2) is 0 Å². The number of hydrogen-bond donors (Lipinski definition) is 2. The third kappa shape index (κ3) is 24.0. The Morgan fingerprint density at radius 3 is 0.931 bits per heavy atom. The Balaban J connectivity index is 3.32. The van der Waals surface area contributed by atoms with Gasteiger partial charge in [-0.15, -0.1) is 0 Å². The summed E-state index contributed by atoms with van der Waals surface area (Å²) in [5.74, 6) is 0. The zero-order valence-electron chi connectivity index (χ0n) is 19.8. The summed E-state index contributed by atoms with van der Waals surface area (Å²) >= 11 is 0. The fourth-order valence-electron chi connectivity index (χ4n) is 3.69. The Morgan fingerprint density at radius 1 is 0.414 bits per heavy atom. The molecule has 0 saturated carbocycles. The molecule has 0 radical (unpaired) electrons. The fourth-order valence-corrected chi connectivity index (χ4v) is 4.62. The maximum atomic E-state index is 11.9. The maximum Gasteiger partial charge on any atom is 0.276 e. The first-order chi connectivity index (χ1) is 14.1. The molecule has 0 aliphatic carbocycles. The van der Waals surface area contributed by atoms with Crippen molar-refractivity contribution in [2.75, 3.05) is 13.1 Å². The summed E-state index contributed by atoms with van der Waals surface area (Å²) in [6.07, 6.45) is 25.4. The molecule has 2 N–H and O–H groups in total. The van der Waals surface area contributed by atoms with Gasteiger partial charge in [0.15, 0.2) is 0 Å². The Kier molecular flexibility index (Phi) is 22.5. The molecule has 0 aliphatic heterocycles. The van der Waals surface area contributed by atoms with Gasteiger partial charge in [0.2, 0.25) is 0 Å². The Bertz CT molecular complexity index is 381. The van der Waals surface area contributed by atoms with Crippen LogP contribution in [0.5, 0.6) is 0 Å². The highest BCUT2D eigenvalue weighted by atomic mass is 32.2. The molecule has 0 fully saturated rings. The second-order valence-electron chi connectivity index (χ2n) is 8.66. The van der Waals surface area contributed by atoms with Gasteiger partial charge in [-0.3, -0.25) is 0 Å². The summed E-state index contributed by atoms with van der Waals surface area (Å²) in [5, 5.41) is 0. The van der Waals surface area contributed by atoms with E-state index in [1.807, 2.05) is 0 Å². The van der Waals surface area contributed by atoms with Crippen LogP contribution in [-0.4, -0.2) is 21.5 Å². The van der Waals surface area contributed by atoms with E-state index in [-0.39, 0.29) is 0 Å². The minimum Gasteiger partial charge on any atom is -0.202 e. The molecule has 0 aromatic heterocycles. The van der Waals surface area contributed by atoms with Gasteiger partial charge in [0.1, 0.15) is 0 Å². The smallest absolute Gasteiger partial charge is 0.202 e. The predicted molar refractivity (Wildman–Crippen MR) is 129 cm³/mol. The lowest BCUT2D eigenvalue weighted by Crippen LogP contribution is -2.37. The van der Waals surface area contributed by atoms with Gasteiger partial charge in [-0.2, -0.15) is 8.42 Å². The van der Waals surface area contributed by atoms with Crippen LogP contribution in [0, 0.1) is 0 Å². The van der Waals surface area contributed by atoms with Crippen LogP contribution >= 0.6 is 0 Å². The van der Waals surface area contributed by atoms with E-state index in [1.54, 1.807) is 0 Å². The van der Waals surface area contributed by atoms with E-state index >= 15 is 0 Å². The predicted octanol–water partition coefficient (Wildman–Crippen LogP) is 7.25. The van der Waals surface area contributed by atoms with E-state index in [0.29, 0.717) is 13.1 Å². The average Bonchev–Trinajstić information content (AvgIpc) is 2.70. The molecule has 0 aromatic rings. The second kappa shape index (κ2) is 22.6. The van der Waals surface area contributed by atoms with E-state index in [2.05, 4.69) is 23.3 Å². The van der Waals surface area contributed by atoms with Crippen LogP contribution in [0.25, 0.3) is 0 Å².